The molecule has 1 aromatic heterocycles. The number of hydrogen-bond acceptors (Lipinski definition) is 3. The topological polar surface area (TPSA) is 19.4 Å². The van der Waals surface area contributed by atoms with Crippen LogP contribution in [0.2, 0.25) is 0 Å². The maximum atomic E-state index is 4.62. The van der Waals surface area contributed by atoms with Gasteiger partial charge in [0.25, 0.3) is 0 Å². The van der Waals surface area contributed by atoms with Crippen LogP contribution in [0.15, 0.2) is 54.7 Å². The van der Waals surface area contributed by atoms with E-state index in [-0.39, 0.29) is 0 Å². The van der Waals surface area contributed by atoms with Gasteiger partial charge in [-0.1, -0.05) is 42.5 Å². The largest absolute Gasteiger partial charge is 0.356 e. The first-order valence-electron chi connectivity index (χ1n) is 8.84. The van der Waals surface area contributed by atoms with Crippen LogP contribution in [0.5, 0.6) is 0 Å². The average Bonchev–Trinajstić information content (AvgIpc) is 2.63. The lowest BCUT2D eigenvalue weighted by Crippen LogP contribution is -2.43. The van der Waals surface area contributed by atoms with E-state index in [1.54, 1.807) is 0 Å². The first kappa shape index (κ1) is 16.7. The molecule has 0 spiro atoms. The van der Waals surface area contributed by atoms with E-state index in [4.69, 9.17) is 0 Å². The average molecular weight is 321 g/mol. The number of hydrogen-bond donors (Lipinski definition) is 0. The summed E-state index contributed by atoms with van der Waals surface area (Å²) >= 11 is 0. The van der Waals surface area contributed by atoms with Gasteiger partial charge in [0.1, 0.15) is 5.82 Å². The standard InChI is InChI=1S/C21H27N3/c1-3-8-19-11-7-14-22-21(19)23(2)20-12-15-24(16-13-20)17-18-9-5-4-6-10-18/h3-11,14,20H,12-13,15-17H2,1-2H3/b8-3-. The summed E-state index contributed by atoms with van der Waals surface area (Å²) in [5.41, 5.74) is 2.61. The minimum atomic E-state index is 0.566. The molecule has 126 valence electrons. The number of likely N-dealkylation sites (tertiary alicyclic amines) is 1. The lowest BCUT2D eigenvalue weighted by Gasteiger charge is -2.37. The van der Waals surface area contributed by atoms with E-state index in [0.29, 0.717) is 6.04 Å². The molecule has 0 atom stereocenters. The van der Waals surface area contributed by atoms with Crippen LogP contribution in [-0.2, 0) is 6.54 Å². The summed E-state index contributed by atoms with van der Waals surface area (Å²) in [6, 6.07) is 15.5. The molecule has 1 fully saturated rings. The number of pyridine rings is 1. The molecule has 0 N–H and O–H groups in total. The third-order valence-corrected chi connectivity index (χ3v) is 4.85. The van der Waals surface area contributed by atoms with Gasteiger partial charge in [-0.2, -0.15) is 0 Å². The Labute approximate surface area is 145 Å². The number of rotatable bonds is 5. The molecule has 0 radical (unpaired) electrons. The van der Waals surface area contributed by atoms with Crippen LogP contribution < -0.4 is 4.90 Å². The number of aromatic nitrogens is 1. The van der Waals surface area contributed by atoms with E-state index in [1.807, 2.05) is 12.3 Å². The maximum Gasteiger partial charge on any atom is 0.135 e. The van der Waals surface area contributed by atoms with Gasteiger partial charge < -0.3 is 4.90 Å². The molecule has 1 aliphatic rings. The molecule has 0 saturated carbocycles. The summed E-state index contributed by atoms with van der Waals surface area (Å²) in [6.07, 6.45) is 8.49. The Hall–Kier alpha value is -2.13. The van der Waals surface area contributed by atoms with Crippen LogP contribution in [0.3, 0.4) is 0 Å². The van der Waals surface area contributed by atoms with Crippen LogP contribution in [0.1, 0.15) is 30.9 Å². The Balaban J connectivity index is 1.60. The van der Waals surface area contributed by atoms with Gasteiger partial charge in [0.05, 0.1) is 0 Å². The lowest BCUT2D eigenvalue weighted by molar-refractivity contribution is 0.203. The van der Waals surface area contributed by atoms with E-state index in [9.17, 15) is 0 Å². The van der Waals surface area contributed by atoms with Crippen LogP contribution >= 0.6 is 0 Å². The molecular formula is C21H27N3. The number of nitrogens with zero attached hydrogens (tertiary/aromatic N) is 3. The molecule has 2 aromatic rings. The smallest absolute Gasteiger partial charge is 0.135 e. The molecule has 1 saturated heterocycles. The van der Waals surface area contributed by atoms with Crippen molar-refractivity contribution < 1.29 is 0 Å². The first-order chi connectivity index (χ1) is 11.8. The highest BCUT2D eigenvalue weighted by Crippen LogP contribution is 2.25. The third kappa shape index (κ3) is 4.04. The highest BCUT2D eigenvalue weighted by atomic mass is 15.2. The fourth-order valence-corrected chi connectivity index (χ4v) is 3.49. The first-order valence-corrected chi connectivity index (χ1v) is 8.84. The fraction of sp³-hybridized carbons (Fsp3) is 0.381. The molecule has 0 amide bonds. The molecule has 3 rings (SSSR count). The third-order valence-electron chi connectivity index (χ3n) is 4.85. The lowest BCUT2D eigenvalue weighted by atomic mass is 10.0. The van der Waals surface area contributed by atoms with Crippen molar-refractivity contribution in [3.63, 3.8) is 0 Å². The summed E-state index contributed by atoms with van der Waals surface area (Å²) < 4.78 is 0. The van der Waals surface area contributed by atoms with E-state index >= 15 is 0 Å². The number of piperidine rings is 1. The van der Waals surface area contributed by atoms with Crippen LogP contribution in [0, 0.1) is 0 Å². The van der Waals surface area contributed by atoms with Gasteiger partial charge in [-0.25, -0.2) is 4.98 Å². The predicted octanol–water partition coefficient (Wildman–Crippen LogP) is 4.22. The van der Waals surface area contributed by atoms with Crippen molar-refractivity contribution in [2.75, 3.05) is 25.0 Å². The molecule has 1 aliphatic heterocycles. The zero-order valence-electron chi connectivity index (χ0n) is 14.7. The molecule has 3 nitrogen and oxygen atoms in total. The van der Waals surface area contributed by atoms with Gasteiger partial charge in [-0.15, -0.1) is 0 Å². The van der Waals surface area contributed by atoms with Crippen molar-refractivity contribution in [1.29, 1.82) is 0 Å². The summed E-state index contributed by atoms with van der Waals surface area (Å²) in [5.74, 6) is 1.09. The van der Waals surface area contributed by atoms with Crippen molar-refractivity contribution in [3.8, 4) is 0 Å². The van der Waals surface area contributed by atoms with Crippen LogP contribution in [0.25, 0.3) is 6.08 Å². The molecule has 1 aromatic carbocycles. The van der Waals surface area contributed by atoms with E-state index in [2.05, 4.69) is 77.3 Å². The molecule has 0 aliphatic carbocycles. The van der Waals surface area contributed by atoms with Gasteiger partial charge >= 0.3 is 0 Å². The second-order valence-electron chi connectivity index (χ2n) is 6.52. The van der Waals surface area contributed by atoms with Crippen LogP contribution in [0.4, 0.5) is 5.82 Å². The van der Waals surface area contributed by atoms with E-state index < -0.39 is 0 Å². The Bertz CT molecular complexity index is 658. The summed E-state index contributed by atoms with van der Waals surface area (Å²) in [7, 11) is 2.19. The minimum Gasteiger partial charge on any atom is -0.356 e. The molecule has 3 heteroatoms. The van der Waals surface area contributed by atoms with Crippen molar-refractivity contribution in [1.82, 2.24) is 9.88 Å². The van der Waals surface area contributed by atoms with Crippen molar-refractivity contribution in [2.45, 2.75) is 32.4 Å². The molecule has 0 bridgehead atoms. The summed E-state index contributed by atoms with van der Waals surface area (Å²) in [6.45, 7) is 5.41. The van der Waals surface area contributed by atoms with Gasteiger partial charge in [-0.05, 0) is 37.5 Å². The Morgan fingerprint density at radius 3 is 2.58 bits per heavy atom. The van der Waals surface area contributed by atoms with Crippen LogP contribution in [-0.4, -0.2) is 36.1 Å². The SMILES string of the molecule is C/C=C\c1cccnc1N(C)C1CCN(Cc2ccccc2)CC1. The Morgan fingerprint density at radius 1 is 1.12 bits per heavy atom. The van der Waals surface area contributed by atoms with E-state index in [0.717, 1.165) is 25.5 Å². The normalized spacial score (nSPS) is 16.6. The highest BCUT2D eigenvalue weighted by Gasteiger charge is 2.24. The maximum absolute atomic E-state index is 4.62. The number of anilines is 1. The molecule has 24 heavy (non-hydrogen) atoms. The van der Waals surface area contributed by atoms with Gasteiger partial charge in [0.15, 0.2) is 0 Å². The zero-order chi connectivity index (χ0) is 16.8. The number of benzene rings is 1. The molecular weight excluding hydrogens is 294 g/mol. The second kappa shape index (κ2) is 8.11. The Kier molecular flexibility index (Phi) is 5.65. The number of allylic oxidation sites excluding steroid dienone is 1. The monoisotopic (exact) mass is 321 g/mol. The van der Waals surface area contributed by atoms with Gasteiger partial charge in [-0.3, -0.25) is 4.90 Å². The summed E-state index contributed by atoms with van der Waals surface area (Å²) in [5, 5.41) is 0. The minimum absolute atomic E-state index is 0.566. The summed E-state index contributed by atoms with van der Waals surface area (Å²) in [4.78, 5) is 9.55. The Morgan fingerprint density at radius 2 is 1.88 bits per heavy atom. The van der Waals surface area contributed by atoms with Crippen molar-refractivity contribution >= 4 is 11.9 Å². The quantitative estimate of drug-likeness (QED) is 0.822. The van der Waals surface area contributed by atoms with Gasteiger partial charge in [0.2, 0.25) is 0 Å². The second-order valence-corrected chi connectivity index (χ2v) is 6.52. The van der Waals surface area contributed by atoms with Crippen molar-refractivity contribution in [2.24, 2.45) is 0 Å². The molecule has 2 heterocycles. The van der Waals surface area contributed by atoms with Crippen molar-refractivity contribution in [3.05, 3.63) is 65.9 Å². The highest BCUT2D eigenvalue weighted by molar-refractivity contribution is 5.63. The molecule has 0 unspecified atom stereocenters. The zero-order valence-corrected chi connectivity index (χ0v) is 14.7. The van der Waals surface area contributed by atoms with E-state index in [1.165, 1.54) is 24.0 Å². The van der Waals surface area contributed by atoms with Gasteiger partial charge in [0, 0.05) is 44.5 Å². The predicted molar refractivity (Wildman–Crippen MR) is 102 cm³/mol. The fourth-order valence-electron chi connectivity index (χ4n) is 3.49.